The minimum Gasteiger partial charge on any atom is -0.370 e. The number of alkyl halides is 5. The van der Waals surface area contributed by atoms with Crippen LogP contribution in [0.25, 0.3) is 0 Å². The molecule has 1 N–H and O–H groups in total. The predicted octanol–water partition coefficient (Wildman–Crippen LogP) is 5.48. The van der Waals surface area contributed by atoms with Crippen LogP contribution in [0.5, 0.6) is 0 Å². The van der Waals surface area contributed by atoms with Crippen molar-refractivity contribution < 1.29 is 36.6 Å². The Labute approximate surface area is 227 Å². The molecule has 1 atom stereocenters. The molecule has 2 aromatic rings. The summed E-state index contributed by atoms with van der Waals surface area (Å²) in [6, 6.07) is 8.97. The average molecular weight is 574 g/mol. The van der Waals surface area contributed by atoms with E-state index in [0.717, 1.165) is 49.4 Å². The maximum atomic E-state index is 14.6. The van der Waals surface area contributed by atoms with Crippen LogP contribution >= 0.6 is 11.6 Å². The number of nitrogens with zero attached hydrogens (tertiary/aromatic N) is 3. The maximum absolute atomic E-state index is 14.6. The normalized spacial score (nSPS) is 19.6. The van der Waals surface area contributed by atoms with Crippen LogP contribution in [0.2, 0.25) is 5.15 Å². The number of anilines is 1. The van der Waals surface area contributed by atoms with Crippen molar-refractivity contribution in [3.05, 3.63) is 58.7 Å². The molecule has 0 spiro atoms. The van der Waals surface area contributed by atoms with Gasteiger partial charge < -0.3 is 14.9 Å². The summed E-state index contributed by atoms with van der Waals surface area (Å²) in [6.07, 6.45) is -2.00. The molecule has 12 heteroatoms. The number of hydrogen-bond donors (Lipinski definition) is 1. The van der Waals surface area contributed by atoms with Gasteiger partial charge in [-0.2, -0.15) is 22.0 Å². The fourth-order valence-corrected chi connectivity index (χ4v) is 5.69. The summed E-state index contributed by atoms with van der Waals surface area (Å²) in [5.74, 6) is -6.07. The third-order valence-electron chi connectivity index (χ3n) is 7.81. The van der Waals surface area contributed by atoms with E-state index in [4.69, 9.17) is 11.6 Å². The van der Waals surface area contributed by atoms with Crippen molar-refractivity contribution in [2.75, 3.05) is 31.1 Å². The summed E-state index contributed by atoms with van der Waals surface area (Å²) in [5.41, 5.74) is -4.54. The van der Waals surface area contributed by atoms with Crippen LogP contribution in [0.15, 0.2) is 42.5 Å². The molecule has 2 aliphatic rings. The smallest absolute Gasteiger partial charge is 0.370 e. The Balaban J connectivity index is 1.35. The zero-order valence-electron chi connectivity index (χ0n) is 21.0. The number of halogens is 6. The minimum atomic E-state index is -6.13. The fraction of sp³-hybridized carbons (Fsp3) is 0.519. The number of benzene rings is 1. The lowest BCUT2D eigenvalue weighted by molar-refractivity contribution is -0.339. The monoisotopic (exact) mass is 573 g/mol. The molecule has 0 saturated carbocycles. The Morgan fingerprint density at radius 3 is 2.03 bits per heavy atom. The molecule has 1 unspecified atom stereocenters. The molecule has 1 aromatic carbocycles. The first-order valence-electron chi connectivity index (χ1n) is 12.8. The number of aldehydes is 1. The van der Waals surface area contributed by atoms with E-state index in [0.29, 0.717) is 36.4 Å². The van der Waals surface area contributed by atoms with E-state index in [1.54, 1.807) is 12.1 Å². The van der Waals surface area contributed by atoms with Crippen LogP contribution in [0.1, 0.15) is 48.0 Å². The van der Waals surface area contributed by atoms with Gasteiger partial charge in [-0.25, -0.2) is 4.98 Å². The first kappa shape index (κ1) is 29.2. The zero-order chi connectivity index (χ0) is 28.4. The summed E-state index contributed by atoms with van der Waals surface area (Å²) in [7, 11) is 0. The van der Waals surface area contributed by atoms with Gasteiger partial charge in [0.15, 0.2) is 6.29 Å². The second-order valence-electron chi connectivity index (χ2n) is 10.2. The van der Waals surface area contributed by atoms with Crippen molar-refractivity contribution in [2.24, 2.45) is 11.8 Å². The first-order chi connectivity index (χ1) is 18.4. The van der Waals surface area contributed by atoms with Gasteiger partial charge in [-0.3, -0.25) is 9.59 Å². The van der Waals surface area contributed by atoms with E-state index in [-0.39, 0.29) is 24.2 Å². The Bertz CT molecular complexity index is 1170. The van der Waals surface area contributed by atoms with Crippen LogP contribution < -0.4 is 4.90 Å². The highest BCUT2D eigenvalue weighted by Gasteiger charge is 2.74. The number of carbonyl (C=O) groups is 2. The summed E-state index contributed by atoms with van der Waals surface area (Å²) < 4.78 is 69.3. The number of aliphatic hydroxyl groups is 1. The van der Waals surface area contributed by atoms with E-state index in [1.807, 2.05) is 0 Å². The molecule has 6 nitrogen and oxygen atoms in total. The molecule has 2 aliphatic heterocycles. The lowest BCUT2D eigenvalue weighted by Crippen LogP contribution is -2.63. The van der Waals surface area contributed by atoms with Gasteiger partial charge in [0.1, 0.15) is 11.0 Å². The van der Waals surface area contributed by atoms with Crippen molar-refractivity contribution >= 4 is 29.6 Å². The van der Waals surface area contributed by atoms with Crippen LogP contribution in [0.3, 0.4) is 0 Å². The van der Waals surface area contributed by atoms with Gasteiger partial charge in [-0.1, -0.05) is 41.9 Å². The van der Waals surface area contributed by atoms with E-state index < -0.39 is 29.2 Å². The van der Waals surface area contributed by atoms with Crippen molar-refractivity contribution in [1.29, 1.82) is 0 Å². The Hall–Kier alpha value is -2.79. The lowest BCUT2D eigenvalue weighted by atomic mass is 9.81. The summed E-state index contributed by atoms with van der Waals surface area (Å²) in [6.45, 7) is 1.44. The van der Waals surface area contributed by atoms with Gasteiger partial charge in [0.2, 0.25) is 5.60 Å². The summed E-state index contributed by atoms with van der Waals surface area (Å²) in [4.78, 5) is 31.3. The number of amides is 1. The average Bonchev–Trinajstić information content (AvgIpc) is 2.93. The molecular weight excluding hydrogens is 545 g/mol. The molecule has 3 heterocycles. The van der Waals surface area contributed by atoms with Crippen LogP contribution in [-0.2, 0) is 10.4 Å². The molecule has 2 fully saturated rings. The summed E-state index contributed by atoms with van der Waals surface area (Å²) in [5, 5.41) is 10.9. The SMILES string of the molecule is O=Cc1ccc(N2CCC(CC3CCN(C(=O)C(O)(c4ccccc4)C(F)(F)C(F)(F)F)CC3)CC2)nc1Cl. The Morgan fingerprint density at radius 1 is 0.949 bits per heavy atom. The minimum absolute atomic E-state index is 0.0169. The fourth-order valence-electron chi connectivity index (χ4n) is 5.49. The van der Waals surface area contributed by atoms with E-state index in [9.17, 15) is 36.6 Å². The third kappa shape index (κ3) is 5.75. The van der Waals surface area contributed by atoms with E-state index >= 15 is 0 Å². The van der Waals surface area contributed by atoms with Crippen molar-refractivity contribution in [1.82, 2.24) is 9.88 Å². The van der Waals surface area contributed by atoms with Crippen molar-refractivity contribution in [3.8, 4) is 0 Å². The second-order valence-corrected chi connectivity index (χ2v) is 10.6. The topological polar surface area (TPSA) is 73.7 Å². The lowest BCUT2D eigenvalue weighted by Gasteiger charge is -2.42. The summed E-state index contributed by atoms with van der Waals surface area (Å²) >= 11 is 6.04. The number of carbonyl (C=O) groups excluding carboxylic acids is 2. The molecule has 0 aliphatic carbocycles. The highest BCUT2D eigenvalue weighted by Crippen LogP contribution is 2.49. The Kier molecular flexibility index (Phi) is 8.51. The molecule has 1 aromatic heterocycles. The maximum Gasteiger partial charge on any atom is 0.457 e. The number of hydrogen-bond acceptors (Lipinski definition) is 5. The number of piperidine rings is 2. The van der Waals surface area contributed by atoms with Crippen LogP contribution in [0, 0.1) is 11.8 Å². The van der Waals surface area contributed by atoms with Gasteiger partial charge in [0, 0.05) is 26.2 Å². The quantitative estimate of drug-likeness (QED) is 0.270. The van der Waals surface area contributed by atoms with Gasteiger partial charge >= 0.3 is 12.1 Å². The van der Waals surface area contributed by atoms with E-state index in [1.165, 1.54) is 18.2 Å². The first-order valence-corrected chi connectivity index (χ1v) is 13.1. The third-order valence-corrected chi connectivity index (χ3v) is 8.11. The van der Waals surface area contributed by atoms with Crippen molar-refractivity contribution in [3.63, 3.8) is 0 Å². The number of aromatic nitrogens is 1. The highest BCUT2D eigenvalue weighted by atomic mass is 35.5. The molecule has 2 saturated heterocycles. The van der Waals surface area contributed by atoms with Gasteiger partial charge in [0.25, 0.3) is 5.91 Å². The molecule has 0 bridgehead atoms. The standard InChI is InChI=1S/C27H29ClF5N3O3/c28-23-20(17-37)6-7-22(34-23)35-12-8-18(9-13-35)16-19-10-14-36(15-11-19)24(38)25(39,21-4-2-1-3-5-21)26(29,30)27(31,32)33/h1-7,17-19,39H,8-16H2. The number of pyridine rings is 1. The molecule has 212 valence electrons. The molecule has 1 amide bonds. The molecule has 0 radical (unpaired) electrons. The number of likely N-dealkylation sites (tertiary alicyclic amines) is 1. The van der Waals surface area contributed by atoms with Gasteiger partial charge in [-0.15, -0.1) is 0 Å². The molecule has 39 heavy (non-hydrogen) atoms. The Morgan fingerprint density at radius 2 is 1.51 bits per heavy atom. The largest absolute Gasteiger partial charge is 0.457 e. The zero-order valence-corrected chi connectivity index (χ0v) is 21.8. The molecular formula is C27H29ClF5N3O3. The predicted molar refractivity (Wildman–Crippen MR) is 135 cm³/mol. The van der Waals surface area contributed by atoms with Crippen LogP contribution in [0.4, 0.5) is 27.8 Å². The molecule has 4 rings (SSSR count). The van der Waals surface area contributed by atoms with Crippen molar-refractivity contribution in [2.45, 2.75) is 49.8 Å². The van der Waals surface area contributed by atoms with Gasteiger partial charge in [-0.05, 0) is 61.6 Å². The van der Waals surface area contributed by atoms with Crippen LogP contribution in [-0.4, -0.2) is 65.5 Å². The highest BCUT2D eigenvalue weighted by molar-refractivity contribution is 6.31. The van der Waals surface area contributed by atoms with E-state index in [2.05, 4.69) is 9.88 Å². The number of rotatable bonds is 7. The second kappa shape index (κ2) is 11.4. The van der Waals surface area contributed by atoms with Gasteiger partial charge in [0.05, 0.1) is 5.56 Å².